The molecule has 1 heterocycles. The zero-order valence-electron chi connectivity index (χ0n) is 49.4. The second-order valence-electron chi connectivity index (χ2n) is 24.5. The molecule has 0 atom stereocenters. The van der Waals surface area contributed by atoms with Crippen LogP contribution in [-0.4, -0.2) is 4.57 Å². The van der Waals surface area contributed by atoms with Gasteiger partial charge in [-0.3, -0.25) is 0 Å². The molecule has 0 N–H and O–H groups in total. The van der Waals surface area contributed by atoms with E-state index in [1.54, 1.807) is 11.1 Å². The lowest BCUT2D eigenvalue weighted by molar-refractivity contribution is 0.398. The average molecular weight is 1180 g/mol. The van der Waals surface area contributed by atoms with Crippen LogP contribution in [-0.2, 0) is 23.7 Å². The topological polar surface area (TPSA) is 8.17 Å². The van der Waals surface area contributed by atoms with Crippen LogP contribution < -0.4 is 4.90 Å². The van der Waals surface area contributed by atoms with Crippen LogP contribution in [0.1, 0.15) is 218 Å². The second kappa shape index (κ2) is 27.7. The van der Waals surface area contributed by atoms with Gasteiger partial charge in [-0.2, -0.15) is 0 Å². The van der Waals surface area contributed by atoms with Crippen molar-refractivity contribution in [3.63, 3.8) is 0 Å². The molecule has 1 aromatic heterocycles. The first-order valence-electron chi connectivity index (χ1n) is 31.3. The molecule has 79 heavy (non-hydrogen) atoms. The number of anilines is 3. The van der Waals surface area contributed by atoms with Gasteiger partial charge in [-0.15, -0.1) is 0 Å². The summed E-state index contributed by atoms with van der Waals surface area (Å²) in [6.07, 6.45) is 30.3. The third-order valence-corrected chi connectivity index (χ3v) is 19.0. The molecule has 0 amide bonds. The summed E-state index contributed by atoms with van der Waals surface area (Å²) in [5.41, 5.74) is 20.4. The maximum atomic E-state index is 4.13. The highest BCUT2D eigenvalue weighted by Crippen LogP contribution is 2.57. The van der Waals surface area contributed by atoms with Crippen molar-refractivity contribution in [1.29, 1.82) is 0 Å². The van der Waals surface area contributed by atoms with Crippen molar-refractivity contribution in [2.24, 2.45) is 0 Å². The van der Waals surface area contributed by atoms with Gasteiger partial charge in [-0.1, -0.05) is 250 Å². The van der Waals surface area contributed by atoms with Gasteiger partial charge in [-0.05, 0) is 179 Å². The first-order valence-corrected chi connectivity index (χ1v) is 32.9. The second-order valence-corrected chi connectivity index (χ2v) is 26.3. The maximum Gasteiger partial charge on any atom is 0.0547 e. The molecule has 0 aliphatic heterocycles. The van der Waals surface area contributed by atoms with E-state index in [1.807, 2.05) is 0 Å². The van der Waals surface area contributed by atoms with Crippen molar-refractivity contribution in [2.75, 3.05) is 4.90 Å². The minimum absolute atomic E-state index is 0.0706. The molecule has 0 fully saturated rings. The smallest absolute Gasteiger partial charge is 0.0547 e. The Morgan fingerprint density at radius 2 is 0.937 bits per heavy atom. The molecular weight excluding hydrogens is 1090 g/mol. The Labute approximate surface area is 494 Å². The average Bonchev–Trinajstić information content (AvgIpc) is 3.31. The van der Waals surface area contributed by atoms with E-state index < -0.39 is 0 Å². The summed E-state index contributed by atoms with van der Waals surface area (Å²) in [6, 6.07) is 54.8. The first-order chi connectivity index (χ1) is 38.5. The van der Waals surface area contributed by atoms with Crippen molar-refractivity contribution in [3.05, 3.63) is 176 Å². The fourth-order valence-corrected chi connectivity index (χ4v) is 14.0. The minimum atomic E-state index is -0.0706. The van der Waals surface area contributed by atoms with Crippen molar-refractivity contribution < 1.29 is 0 Å². The van der Waals surface area contributed by atoms with Gasteiger partial charge in [0.05, 0.1) is 11.0 Å². The molecule has 0 bridgehead atoms. The van der Waals surface area contributed by atoms with Gasteiger partial charge < -0.3 is 9.47 Å². The maximum absolute atomic E-state index is 4.13. The predicted molar refractivity (Wildman–Crippen MR) is 353 cm³/mol. The SMILES string of the molecule is CCCCCCCCC1(CCCCCCCC)c2cc(-c3ccc(N(c4ccc(Br)cc4)c4ccc(C(C)(C)C)cc4)cc3)ccc2-c2cc3c(cc21)c1ccccc1n3-c1cc(CCCCCC)c(Br)cc1CCCCCC. The summed E-state index contributed by atoms with van der Waals surface area (Å²) in [7, 11) is 0. The number of benzene rings is 7. The lowest BCUT2D eigenvalue weighted by Crippen LogP contribution is -2.25. The Morgan fingerprint density at radius 3 is 1.53 bits per heavy atom. The fraction of sp³-hybridized carbons (Fsp3) is 0.440. The van der Waals surface area contributed by atoms with E-state index in [0.29, 0.717) is 0 Å². The van der Waals surface area contributed by atoms with Crippen LogP contribution in [0.2, 0.25) is 0 Å². The number of unbranched alkanes of at least 4 members (excludes halogenated alkanes) is 16. The van der Waals surface area contributed by atoms with E-state index in [4.69, 9.17) is 0 Å². The van der Waals surface area contributed by atoms with Gasteiger partial charge in [0.1, 0.15) is 0 Å². The van der Waals surface area contributed by atoms with E-state index in [1.165, 1.54) is 212 Å². The number of aromatic nitrogens is 1. The van der Waals surface area contributed by atoms with Crippen LogP contribution in [0.25, 0.3) is 49.7 Å². The lowest BCUT2D eigenvalue weighted by Gasteiger charge is -2.33. The summed E-state index contributed by atoms with van der Waals surface area (Å²) in [5.74, 6) is 0. The number of para-hydroxylation sites is 1. The van der Waals surface area contributed by atoms with Crippen molar-refractivity contribution in [2.45, 2.75) is 213 Å². The number of rotatable bonds is 29. The van der Waals surface area contributed by atoms with Gasteiger partial charge in [0.15, 0.2) is 0 Å². The third kappa shape index (κ3) is 13.6. The highest BCUT2D eigenvalue weighted by atomic mass is 79.9. The van der Waals surface area contributed by atoms with Crippen molar-refractivity contribution in [1.82, 2.24) is 4.57 Å². The number of fused-ring (bicyclic) bond motifs is 6. The molecule has 8 aromatic rings. The molecule has 1 aliphatic carbocycles. The quantitative estimate of drug-likeness (QED) is 0.0424. The molecule has 0 saturated carbocycles. The number of aryl methyl sites for hydroxylation is 2. The molecule has 416 valence electrons. The molecule has 2 nitrogen and oxygen atoms in total. The Bertz CT molecular complexity index is 3210. The Hall–Kier alpha value is -4.90. The van der Waals surface area contributed by atoms with Crippen LogP contribution in [0.3, 0.4) is 0 Å². The highest BCUT2D eigenvalue weighted by molar-refractivity contribution is 9.10. The van der Waals surface area contributed by atoms with Crippen molar-refractivity contribution >= 4 is 70.7 Å². The van der Waals surface area contributed by atoms with E-state index >= 15 is 0 Å². The monoisotopic (exact) mass is 1180 g/mol. The molecule has 1 aliphatic rings. The number of hydrogen-bond donors (Lipinski definition) is 0. The minimum Gasteiger partial charge on any atom is -0.311 e. The number of hydrogen-bond acceptors (Lipinski definition) is 1. The number of halogens is 2. The fourth-order valence-electron chi connectivity index (χ4n) is 13.2. The van der Waals surface area contributed by atoms with Gasteiger partial charge >= 0.3 is 0 Å². The Morgan fingerprint density at radius 1 is 0.430 bits per heavy atom. The number of nitrogens with zero attached hydrogens (tertiary/aromatic N) is 2. The van der Waals surface area contributed by atoms with Gasteiger partial charge in [0.2, 0.25) is 0 Å². The zero-order chi connectivity index (χ0) is 55.4. The first kappa shape index (κ1) is 58.7. The van der Waals surface area contributed by atoms with E-state index in [-0.39, 0.29) is 10.8 Å². The van der Waals surface area contributed by atoms with Crippen LogP contribution >= 0.6 is 31.9 Å². The molecule has 0 spiro atoms. The summed E-state index contributed by atoms with van der Waals surface area (Å²) >= 11 is 7.84. The van der Waals surface area contributed by atoms with E-state index in [9.17, 15) is 0 Å². The van der Waals surface area contributed by atoms with Crippen LogP contribution in [0.5, 0.6) is 0 Å². The molecule has 0 saturated heterocycles. The van der Waals surface area contributed by atoms with Gasteiger partial charge in [-0.25, -0.2) is 0 Å². The molecule has 9 rings (SSSR count). The van der Waals surface area contributed by atoms with Gasteiger partial charge in [0.25, 0.3) is 0 Å². The summed E-state index contributed by atoms with van der Waals surface area (Å²) in [4.78, 5) is 2.40. The van der Waals surface area contributed by atoms with Gasteiger partial charge in [0, 0.05) is 47.9 Å². The predicted octanol–water partition coefficient (Wildman–Crippen LogP) is 24.8. The molecule has 0 unspecified atom stereocenters. The largest absolute Gasteiger partial charge is 0.311 e. The molecule has 4 heteroatoms. The normalized spacial score (nSPS) is 12.9. The Balaban J connectivity index is 1.19. The van der Waals surface area contributed by atoms with E-state index in [2.05, 4.69) is 229 Å². The zero-order valence-corrected chi connectivity index (χ0v) is 52.6. The standard InChI is InChI=1S/C75H92Br2N2/c1-8-12-16-20-22-28-48-75(49-29-23-21-17-13-9-2)68-50-56(55-34-41-61(42-35-55)78(63-45-39-60(76)40-46-63)62-43-37-59(38-44-62)74(5,6)7)36-47-64(68)66-54-73-67(53-69(66)75)65-32-26-27-33-71(65)79(73)72-52-57(30-24-18-14-10-3)70(77)51-58(72)31-25-19-15-11-4/h26-27,32-47,50-54H,8-25,28-31,48-49H2,1-7H3. The molecular formula is C75H92Br2N2. The van der Waals surface area contributed by atoms with Crippen LogP contribution in [0.4, 0.5) is 17.1 Å². The van der Waals surface area contributed by atoms with E-state index in [0.717, 1.165) is 34.4 Å². The van der Waals surface area contributed by atoms with Crippen LogP contribution in [0.15, 0.2) is 148 Å². The highest BCUT2D eigenvalue weighted by Gasteiger charge is 2.43. The van der Waals surface area contributed by atoms with Crippen molar-refractivity contribution in [3.8, 4) is 27.9 Å². The Kier molecular flexibility index (Phi) is 20.6. The summed E-state index contributed by atoms with van der Waals surface area (Å²) < 4.78 is 5.05. The molecule has 7 aromatic carbocycles. The molecule has 0 radical (unpaired) electrons. The third-order valence-electron chi connectivity index (χ3n) is 17.7. The lowest BCUT2D eigenvalue weighted by atomic mass is 9.70. The van der Waals surface area contributed by atoms with Crippen LogP contribution in [0, 0.1) is 0 Å². The summed E-state index contributed by atoms with van der Waals surface area (Å²) in [5, 5.41) is 2.78. The summed E-state index contributed by atoms with van der Waals surface area (Å²) in [6.45, 7) is 16.2.